The second-order valence-electron chi connectivity index (χ2n) is 4.82. The van der Waals surface area contributed by atoms with Crippen molar-refractivity contribution in [3.63, 3.8) is 0 Å². The van der Waals surface area contributed by atoms with Crippen molar-refractivity contribution in [1.82, 2.24) is 9.55 Å². The first-order chi connectivity index (χ1) is 9.11. The lowest BCUT2D eigenvalue weighted by atomic mass is 10.1. The molecule has 0 amide bonds. The molecule has 0 aliphatic carbocycles. The first-order valence-corrected chi connectivity index (χ1v) is 6.51. The monoisotopic (exact) mass is 259 g/mol. The fourth-order valence-corrected chi connectivity index (χ4v) is 2.27. The van der Waals surface area contributed by atoms with E-state index in [1.807, 2.05) is 24.0 Å². The molecule has 2 aromatic rings. The molecule has 1 aromatic carbocycles. The molecule has 2 rings (SSSR count). The Kier molecular flexibility index (Phi) is 4.22. The van der Waals surface area contributed by atoms with Crippen LogP contribution in [-0.2, 0) is 20.0 Å². The number of imidazole rings is 1. The zero-order valence-electron chi connectivity index (χ0n) is 11.8. The molecule has 0 saturated carbocycles. The van der Waals surface area contributed by atoms with Crippen LogP contribution in [0.1, 0.15) is 22.5 Å². The minimum absolute atomic E-state index is 0.565. The van der Waals surface area contributed by atoms with E-state index in [1.165, 1.54) is 0 Å². The van der Waals surface area contributed by atoms with Crippen LogP contribution in [0.5, 0.6) is 5.75 Å². The van der Waals surface area contributed by atoms with Crippen LogP contribution in [0.25, 0.3) is 0 Å². The highest BCUT2D eigenvalue weighted by Crippen LogP contribution is 2.24. The quantitative estimate of drug-likeness (QED) is 0.894. The fraction of sp³-hybridized carbons (Fsp3) is 0.400. The summed E-state index contributed by atoms with van der Waals surface area (Å²) >= 11 is 0. The van der Waals surface area contributed by atoms with Gasteiger partial charge in [0, 0.05) is 32.4 Å². The fourth-order valence-electron chi connectivity index (χ4n) is 2.27. The minimum atomic E-state index is 0.565. The second kappa shape index (κ2) is 5.89. The predicted octanol–water partition coefficient (Wildman–Crippen LogP) is 2.12. The van der Waals surface area contributed by atoms with Gasteiger partial charge in [-0.1, -0.05) is 12.1 Å². The highest BCUT2D eigenvalue weighted by molar-refractivity contribution is 5.43. The lowest BCUT2D eigenvalue weighted by Crippen LogP contribution is -2.08. The first-order valence-electron chi connectivity index (χ1n) is 6.51. The molecule has 0 radical (unpaired) electrons. The number of nitrogens with two attached hydrogens (primary N) is 1. The summed E-state index contributed by atoms with van der Waals surface area (Å²) in [7, 11) is 1.99. The van der Waals surface area contributed by atoms with Crippen LogP contribution in [0.15, 0.2) is 24.5 Å². The molecule has 4 nitrogen and oxygen atoms in total. The lowest BCUT2D eigenvalue weighted by molar-refractivity contribution is 0.313. The molecule has 4 heteroatoms. The standard InChI is InChI=1S/C15H21N3O/c1-11-8-13(10-16)9-12(2)15(11)19-7-4-14-17-5-6-18(14)3/h5-6,8-9H,4,7,10,16H2,1-3H3. The third kappa shape index (κ3) is 3.15. The van der Waals surface area contributed by atoms with Crippen molar-refractivity contribution in [3.05, 3.63) is 47.0 Å². The summed E-state index contributed by atoms with van der Waals surface area (Å²) in [5.74, 6) is 2.00. The van der Waals surface area contributed by atoms with Crippen molar-refractivity contribution in [3.8, 4) is 5.75 Å². The van der Waals surface area contributed by atoms with E-state index < -0.39 is 0 Å². The van der Waals surface area contributed by atoms with Crippen molar-refractivity contribution < 1.29 is 4.74 Å². The van der Waals surface area contributed by atoms with Gasteiger partial charge in [-0.05, 0) is 30.5 Å². The van der Waals surface area contributed by atoms with Gasteiger partial charge >= 0.3 is 0 Å². The maximum Gasteiger partial charge on any atom is 0.125 e. The highest BCUT2D eigenvalue weighted by Gasteiger charge is 2.07. The van der Waals surface area contributed by atoms with E-state index in [0.29, 0.717) is 13.2 Å². The number of hydrogen-bond donors (Lipinski definition) is 1. The molecule has 1 heterocycles. The van der Waals surface area contributed by atoms with Crippen molar-refractivity contribution in [2.45, 2.75) is 26.8 Å². The summed E-state index contributed by atoms with van der Waals surface area (Å²) in [6, 6.07) is 4.17. The molecule has 19 heavy (non-hydrogen) atoms. The Labute approximate surface area is 114 Å². The Balaban J connectivity index is 2.02. The van der Waals surface area contributed by atoms with Crippen molar-refractivity contribution in [2.75, 3.05) is 6.61 Å². The van der Waals surface area contributed by atoms with E-state index in [0.717, 1.165) is 34.7 Å². The molecule has 0 fully saturated rings. The molecule has 0 saturated heterocycles. The molecule has 0 bridgehead atoms. The van der Waals surface area contributed by atoms with Gasteiger partial charge in [-0.15, -0.1) is 0 Å². The van der Waals surface area contributed by atoms with Gasteiger partial charge in [0.05, 0.1) is 6.61 Å². The summed E-state index contributed by atoms with van der Waals surface area (Å²) < 4.78 is 7.92. The van der Waals surface area contributed by atoms with Crippen molar-refractivity contribution >= 4 is 0 Å². The van der Waals surface area contributed by atoms with Gasteiger partial charge in [0.2, 0.25) is 0 Å². The summed E-state index contributed by atoms with van der Waals surface area (Å²) in [6.45, 7) is 5.31. The van der Waals surface area contributed by atoms with E-state index in [-0.39, 0.29) is 0 Å². The van der Waals surface area contributed by atoms with Gasteiger partial charge in [0.1, 0.15) is 11.6 Å². The Morgan fingerprint density at radius 2 is 1.95 bits per heavy atom. The molecule has 0 atom stereocenters. The van der Waals surface area contributed by atoms with Crippen molar-refractivity contribution in [1.29, 1.82) is 0 Å². The number of rotatable bonds is 5. The number of benzene rings is 1. The smallest absolute Gasteiger partial charge is 0.125 e. The normalized spacial score (nSPS) is 10.7. The molecule has 0 aliphatic heterocycles. The zero-order valence-corrected chi connectivity index (χ0v) is 11.8. The average Bonchev–Trinajstić information content (AvgIpc) is 2.78. The lowest BCUT2D eigenvalue weighted by Gasteiger charge is -2.13. The van der Waals surface area contributed by atoms with E-state index in [1.54, 1.807) is 0 Å². The number of hydrogen-bond acceptors (Lipinski definition) is 3. The molecule has 0 aliphatic rings. The summed E-state index contributed by atoms with van der Waals surface area (Å²) in [6.07, 6.45) is 4.56. The molecule has 2 N–H and O–H groups in total. The van der Waals surface area contributed by atoms with Crippen LogP contribution in [-0.4, -0.2) is 16.2 Å². The zero-order chi connectivity index (χ0) is 13.8. The van der Waals surface area contributed by atoms with Gasteiger partial charge in [0.15, 0.2) is 0 Å². The Morgan fingerprint density at radius 1 is 1.26 bits per heavy atom. The van der Waals surface area contributed by atoms with E-state index in [9.17, 15) is 0 Å². The van der Waals surface area contributed by atoms with Crippen LogP contribution in [0, 0.1) is 13.8 Å². The third-order valence-corrected chi connectivity index (χ3v) is 3.25. The Hall–Kier alpha value is -1.81. The summed E-state index contributed by atoms with van der Waals surface area (Å²) in [4.78, 5) is 4.29. The van der Waals surface area contributed by atoms with Crippen LogP contribution in [0.3, 0.4) is 0 Å². The van der Waals surface area contributed by atoms with E-state index in [2.05, 4.69) is 31.0 Å². The van der Waals surface area contributed by atoms with Gasteiger partial charge in [-0.25, -0.2) is 4.98 Å². The summed E-state index contributed by atoms with van der Waals surface area (Å²) in [5, 5.41) is 0. The maximum absolute atomic E-state index is 5.90. The van der Waals surface area contributed by atoms with Gasteiger partial charge < -0.3 is 15.0 Å². The Bertz CT molecular complexity index is 537. The van der Waals surface area contributed by atoms with Gasteiger partial charge in [-0.2, -0.15) is 0 Å². The molecule has 1 aromatic heterocycles. The van der Waals surface area contributed by atoms with Gasteiger partial charge in [0.25, 0.3) is 0 Å². The SMILES string of the molecule is Cc1cc(CN)cc(C)c1OCCc1nccn1C. The number of nitrogens with zero attached hydrogens (tertiary/aromatic N) is 2. The van der Waals surface area contributed by atoms with Crippen LogP contribution >= 0.6 is 0 Å². The average molecular weight is 259 g/mol. The third-order valence-electron chi connectivity index (χ3n) is 3.25. The maximum atomic E-state index is 5.90. The van der Waals surface area contributed by atoms with Crippen LogP contribution < -0.4 is 10.5 Å². The first kappa shape index (κ1) is 13.6. The Morgan fingerprint density at radius 3 is 2.47 bits per heavy atom. The summed E-state index contributed by atoms with van der Waals surface area (Å²) in [5.41, 5.74) is 9.09. The minimum Gasteiger partial charge on any atom is -0.493 e. The molecule has 102 valence electrons. The molecule has 0 spiro atoms. The largest absolute Gasteiger partial charge is 0.493 e. The second-order valence-corrected chi connectivity index (χ2v) is 4.82. The highest BCUT2D eigenvalue weighted by atomic mass is 16.5. The number of aryl methyl sites for hydroxylation is 3. The molecule has 0 unspecified atom stereocenters. The number of aromatic nitrogens is 2. The van der Waals surface area contributed by atoms with E-state index >= 15 is 0 Å². The topological polar surface area (TPSA) is 53.1 Å². The van der Waals surface area contributed by atoms with Gasteiger partial charge in [-0.3, -0.25) is 0 Å². The van der Waals surface area contributed by atoms with Crippen molar-refractivity contribution in [2.24, 2.45) is 12.8 Å². The van der Waals surface area contributed by atoms with Crippen LogP contribution in [0.4, 0.5) is 0 Å². The molecular formula is C15H21N3O. The van der Waals surface area contributed by atoms with Crippen LogP contribution in [0.2, 0.25) is 0 Å². The predicted molar refractivity (Wildman–Crippen MR) is 76.2 cm³/mol. The molecular weight excluding hydrogens is 238 g/mol. The number of ether oxygens (including phenoxy) is 1. The van der Waals surface area contributed by atoms with E-state index in [4.69, 9.17) is 10.5 Å².